The normalized spacial score (nSPS) is 11.3. The lowest BCUT2D eigenvalue weighted by Crippen LogP contribution is -2.43. The fraction of sp³-hybridized carbons (Fsp3) is 1.00. The maximum Gasteiger partial charge on any atom is 0.313 e. The van der Waals surface area contributed by atoms with Gasteiger partial charge in [-0.3, -0.25) is 0 Å². The Kier molecular flexibility index (Phi) is 10.5. The van der Waals surface area contributed by atoms with E-state index >= 15 is 0 Å². The van der Waals surface area contributed by atoms with Gasteiger partial charge in [0.2, 0.25) is 0 Å². The number of hydrogen-bond donors (Lipinski definition) is 0. The second-order valence-corrected chi connectivity index (χ2v) is 4.19. The molecule has 0 rings (SSSR count). The molecule has 0 unspecified atom stereocenters. The van der Waals surface area contributed by atoms with Crippen LogP contribution in [-0.4, -0.2) is 43.4 Å². The van der Waals surface area contributed by atoms with Crippen molar-refractivity contribution in [1.82, 2.24) is 9.62 Å². The Labute approximate surface area is 97.3 Å². The van der Waals surface area contributed by atoms with Gasteiger partial charge in [0.15, 0.2) is 0 Å². The summed E-state index contributed by atoms with van der Waals surface area (Å²) in [5.41, 5.74) is 0. The molecule has 0 amide bonds. The molecule has 0 aromatic heterocycles. The summed E-state index contributed by atoms with van der Waals surface area (Å²) in [7, 11) is 2.35. The molecule has 0 aliphatic heterocycles. The van der Waals surface area contributed by atoms with Gasteiger partial charge in [-0.05, 0) is 51.9 Å². The molecule has 15 heavy (non-hydrogen) atoms. The molecule has 0 aromatic rings. The number of nitrogens with zero attached hydrogens (tertiary/aromatic N) is 2. The van der Waals surface area contributed by atoms with Gasteiger partial charge in [0, 0.05) is 0 Å². The highest BCUT2D eigenvalue weighted by Gasteiger charge is 2.11. The third-order valence-electron chi connectivity index (χ3n) is 2.37. The zero-order valence-electron chi connectivity index (χ0n) is 11.1. The summed E-state index contributed by atoms with van der Waals surface area (Å²) in [5.74, 6) is 0. The predicted octanol–water partition coefficient (Wildman–Crippen LogP) is 2.76. The molecule has 0 saturated heterocycles. The van der Waals surface area contributed by atoms with E-state index in [9.17, 15) is 0 Å². The molecule has 0 bridgehead atoms. The quantitative estimate of drug-likeness (QED) is 0.512. The minimum absolute atomic E-state index is 1.19. The Morgan fingerprint density at radius 2 is 0.867 bits per heavy atom. The fourth-order valence-corrected chi connectivity index (χ4v) is 1.83. The van der Waals surface area contributed by atoms with Crippen molar-refractivity contribution in [3.05, 3.63) is 0 Å². The van der Waals surface area contributed by atoms with Crippen LogP contribution in [0.3, 0.4) is 0 Å². The molecule has 0 aliphatic rings. The third kappa shape index (κ3) is 7.86. The number of hydrogen-bond acceptors (Lipinski definition) is 2. The van der Waals surface area contributed by atoms with E-state index in [1.54, 1.807) is 0 Å². The molecule has 0 N–H and O–H groups in total. The lowest BCUT2D eigenvalue weighted by molar-refractivity contribution is 0.358. The Bertz CT molecular complexity index is 105. The van der Waals surface area contributed by atoms with Crippen LogP contribution in [0.1, 0.15) is 53.4 Å². The van der Waals surface area contributed by atoms with Gasteiger partial charge in [0.05, 0.1) is 0 Å². The highest BCUT2D eigenvalue weighted by Crippen LogP contribution is 1.98. The minimum Gasteiger partial charge on any atom is -0.332 e. The van der Waals surface area contributed by atoms with Crippen molar-refractivity contribution < 1.29 is 0 Å². The average Bonchev–Trinajstić information content (AvgIpc) is 2.19. The lowest BCUT2D eigenvalue weighted by atomic mass is 10.0. The van der Waals surface area contributed by atoms with E-state index in [2.05, 4.69) is 44.9 Å². The van der Waals surface area contributed by atoms with E-state index in [0.717, 1.165) is 0 Å². The van der Waals surface area contributed by atoms with Crippen molar-refractivity contribution in [2.75, 3.05) is 26.2 Å². The second kappa shape index (κ2) is 10.5. The van der Waals surface area contributed by atoms with Crippen LogP contribution in [0, 0.1) is 0 Å². The first kappa shape index (κ1) is 15.0. The monoisotopic (exact) mass is 211 g/mol. The standard InChI is InChI=1S/C12H28BN2/c1-5-9-14(10-6-2)13-15(11-7-3)12-8-4/h5-12H2,1-4H3. The zero-order chi connectivity index (χ0) is 11.5. The number of rotatable bonds is 10. The van der Waals surface area contributed by atoms with Crippen molar-refractivity contribution in [2.24, 2.45) is 0 Å². The molecule has 0 atom stereocenters. The molecule has 0 fully saturated rings. The molecule has 0 aliphatic carbocycles. The molecule has 89 valence electrons. The minimum atomic E-state index is 1.19. The summed E-state index contributed by atoms with van der Waals surface area (Å²) in [5, 5.41) is 0. The Morgan fingerprint density at radius 3 is 1.07 bits per heavy atom. The van der Waals surface area contributed by atoms with Gasteiger partial charge in [0.1, 0.15) is 0 Å². The smallest absolute Gasteiger partial charge is 0.313 e. The van der Waals surface area contributed by atoms with Crippen LogP contribution in [0.2, 0.25) is 0 Å². The van der Waals surface area contributed by atoms with Gasteiger partial charge in [-0.25, -0.2) is 0 Å². The summed E-state index contributed by atoms with van der Waals surface area (Å²) >= 11 is 0. The predicted molar refractivity (Wildman–Crippen MR) is 70.1 cm³/mol. The molecular weight excluding hydrogens is 183 g/mol. The van der Waals surface area contributed by atoms with Gasteiger partial charge >= 0.3 is 7.55 Å². The molecule has 0 aromatic carbocycles. The summed E-state index contributed by atoms with van der Waals surface area (Å²) in [6.07, 6.45) is 4.95. The summed E-state index contributed by atoms with van der Waals surface area (Å²) in [4.78, 5) is 4.93. The van der Waals surface area contributed by atoms with Crippen LogP contribution < -0.4 is 0 Å². The van der Waals surface area contributed by atoms with E-state index in [1.165, 1.54) is 51.9 Å². The van der Waals surface area contributed by atoms with E-state index < -0.39 is 0 Å². The Balaban J connectivity index is 3.93. The highest BCUT2D eigenvalue weighted by atomic mass is 15.2. The summed E-state index contributed by atoms with van der Waals surface area (Å²) in [6.45, 7) is 13.8. The van der Waals surface area contributed by atoms with Gasteiger partial charge in [-0.2, -0.15) is 0 Å². The second-order valence-electron chi connectivity index (χ2n) is 4.19. The van der Waals surface area contributed by atoms with E-state index in [-0.39, 0.29) is 0 Å². The largest absolute Gasteiger partial charge is 0.332 e. The third-order valence-corrected chi connectivity index (χ3v) is 2.37. The van der Waals surface area contributed by atoms with Crippen LogP contribution in [0.25, 0.3) is 0 Å². The van der Waals surface area contributed by atoms with Crippen molar-refractivity contribution >= 4 is 7.55 Å². The average molecular weight is 211 g/mol. The molecular formula is C12H28BN2. The summed E-state index contributed by atoms with van der Waals surface area (Å²) in [6, 6.07) is 0. The maximum atomic E-state index is 2.46. The topological polar surface area (TPSA) is 6.48 Å². The first-order chi connectivity index (χ1) is 7.28. The first-order valence-corrected chi connectivity index (χ1v) is 6.61. The maximum absolute atomic E-state index is 2.46. The SMILES string of the molecule is CCCN([B]N(CCC)CCC)CCC. The van der Waals surface area contributed by atoms with Crippen molar-refractivity contribution in [2.45, 2.75) is 53.4 Å². The zero-order valence-corrected chi connectivity index (χ0v) is 11.1. The van der Waals surface area contributed by atoms with Crippen molar-refractivity contribution in [3.8, 4) is 0 Å². The lowest BCUT2D eigenvalue weighted by Gasteiger charge is -2.28. The van der Waals surface area contributed by atoms with Gasteiger partial charge in [0.25, 0.3) is 0 Å². The van der Waals surface area contributed by atoms with Gasteiger partial charge < -0.3 is 9.62 Å². The van der Waals surface area contributed by atoms with Crippen LogP contribution in [0.5, 0.6) is 0 Å². The molecule has 0 saturated carbocycles. The Hall–Kier alpha value is -0.0151. The highest BCUT2D eigenvalue weighted by molar-refractivity contribution is 6.28. The Morgan fingerprint density at radius 1 is 0.600 bits per heavy atom. The van der Waals surface area contributed by atoms with Gasteiger partial charge in [-0.15, -0.1) is 0 Å². The van der Waals surface area contributed by atoms with Crippen LogP contribution in [-0.2, 0) is 0 Å². The van der Waals surface area contributed by atoms with E-state index in [4.69, 9.17) is 0 Å². The first-order valence-electron chi connectivity index (χ1n) is 6.61. The fourth-order valence-electron chi connectivity index (χ4n) is 1.83. The molecule has 1 radical (unpaired) electrons. The van der Waals surface area contributed by atoms with E-state index in [0.29, 0.717) is 0 Å². The van der Waals surface area contributed by atoms with E-state index in [1.807, 2.05) is 0 Å². The molecule has 0 heterocycles. The van der Waals surface area contributed by atoms with Crippen molar-refractivity contribution in [1.29, 1.82) is 0 Å². The van der Waals surface area contributed by atoms with Crippen molar-refractivity contribution in [3.63, 3.8) is 0 Å². The van der Waals surface area contributed by atoms with Crippen LogP contribution in [0.4, 0.5) is 0 Å². The van der Waals surface area contributed by atoms with Crippen LogP contribution in [0.15, 0.2) is 0 Å². The van der Waals surface area contributed by atoms with Gasteiger partial charge in [-0.1, -0.05) is 27.7 Å². The molecule has 2 nitrogen and oxygen atoms in total. The summed E-state index contributed by atoms with van der Waals surface area (Å²) < 4.78 is 0. The van der Waals surface area contributed by atoms with Crippen LogP contribution >= 0.6 is 0 Å². The molecule has 3 heteroatoms. The molecule has 0 spiro atoms.